The Morgan fingerprint density at radius 1 is 1.39 bits per heavy atom. The van der Waals surface area contributed by atoms with Crippen LogP contribution in [0.2, 0.25) is 0 Å². The van der Waals surface area contributed by atoms with Gasteiger partial charge in [-0.05, 0) is 31.4 Å². The minimum atomic E-state index is 0.105. The van der Waals surface area contributed by atoms with E-state index in [0.29, 0.717) is 0 Å². The van der Waals surface area contributed by atoms with E-state index in [0.717, 1.165) is 30.7 Å². The second-order valence-electron chi connectivity index (χ2n) is 4.72. The number of aromatic hydroxyl groups is 1. The van der Waals surface area contributed by atoms with Crippen molar-refractivity contribution in [2.45, 2.75) is 25.3 Å². The lowest BCUT2D eigenvalue weighted by Crippen LogP contribution is -2.21. The van der Waals surface area contributed by atoms with E-state index in [1.165, 1.54) is 5.69 Å². The highest BCUT2D eigenvalue weighted by molar-refractivity contribution is 5.58. The minimum absolute atomic E-state index is 0.105. The molecule has 0 aliphatic carbocycles. The molecule has 1 aliphatic heterocycles. The molecule has 2 N–H and O–H groups in total. The van der Waals surface area contributed by atoms with Crippen molar-refractivity contribution in [2.24, 2.45) is 0 Å². The van der Waals surface area contributed by atoms with E-state index in [1.807, 2.05) is 18.3 Å². The molecule has 0 saturated heterocycles. The molecule has 0 bridgehead atoms. The molecule has 18 heavy (non-hydrogen) atoms. The van der Waals surface area contributed by atoms with Crippen molar-refractivity contribution in [1.82, 2.24) is 9.55 Å². The molecule has 2 aromatic rings. The molecule has 3 rings (SSSR count). The zero-order valence-corrected chi connectivity index (χ0v) is 10.1. The van der Waals surface area contributed by atoms with E-state index in [2.05, 4.69) is 9.55 Å². The van der Waals surface area contributed by atoms with Crippen LogP contribution in [0.5, 0.6) is 5.75 Å². The second kappa shape index (κ2) is 4.46. The van der Waals surface area contributed by atoms with Crippen molar-refractivity contribution in [3.05, 3.63) is 36.2 Å². The van der Waals surface area contributed by atoms with Crippen molar-refractivity contribution in [3.63, 3.8) is 0 Å². The predicted octanol–water partition coefficient (Wildman–Crippen LogP) is 2.13. The first-order valence-corrected chi connectivity index (χ1v) is 6.26. The van der Waals surface area contributed by atoms with E-state index < -0.39 is 0 Å². The molecule has 1 atom stereocenters. The normalized spacial score (nSPS) is 18.6. The van der Waals surface area contributed by atoms with Crippen molar-refractivity contribution in [1.29, 1.82) is 0 Å². The highest BCUT2D eigenvalue weighted by Gasteiger charge is 2.23. The van der Waals surface area contributed by atoms with Crippen molar-refractivity contribution < 1.29 is 10.2 Å². The summed E-state index contributed by atoms with van der Waals surface area (Å²) in [5.41, 5.74) is 2.06. The van der Waals surface area contributed by atoms with Crippen molar-refractivity contribution in [2.75, 3.05) is 6.61 Å². The van der Waals surface area contributed by atoms with Gasteiger partial charge in [0.2, 0.25) is 0 Å². The molecule has 0 saturated carbocycles. The Kier molecular flexibility index (Phi) is 2.80. The third kappa shape index (κ3) is 1.78. The molecule has 4 heteroatoms. The quantitative estimate of drug-likeness (QED) is 0.850. The predicted molar refractivity (Wildman–Crippen MR) is 68.4 cm³/mol. The molecule has 1 unspecified atom stereocenters. The van der Waals surface area contributed by atoms with Crippen LogP contribution in [0.4, 0.5) is 0 Å². The standard InChI is InChI=1S/C14H16N2O2/c17-9-12-5-2-4-11-8-15-14(16(11)12)10-3-1-6-13(18)7-10/h1,3,6-8,12,17-18H,2,4-5,9H2. The molecule has 0 radical (unpaired) electrons. The van der Waals surface area contributed by atoms with E-state index >= 15 is 0 Å². The van der Waals surface area contributed by atoms with Gasteiger partial charge in [0.05, 0.1) is 12.6 Å². The van der Waals surface area contributed by atoms with E-state index in [-0.39, 0.29) is 18.4 Å². The lowest BCUT2D eigenvalue weighted by atomic mass is 10.0. The van der Waals surface area contributed by atoms with Gasteiger partial charge >= 0.3 is 0 Å². The molecule has 1 aromatic heterocycles. The molecule has 0 spiro atoms. The van der Waals surface area contributed by atoms with Crippen molar-refractivity contribution in [3.8, 4) is 17.1 Å². The lowest BCUT2D eigenvalue weighted by molar-refractivity contribution is 0.208. The summed E-state index contributed by atoms with van der Waals surface area (Å²) in [6.45, 7) is 0.134. The number of phenols is 1. The third-order valence-corrected chi connectivity index (χ3v) is 3.52. The summed E-state index contributed by atoms with van der Waals surface area (Å²) in [6.07, 6.45) is 4.95. The Labute approximate surface area is 106 Å². The van der Waals surface area contributed by atoms with Crippen LogP contribution in [-0.2, 0) is 6.42 Å². The summed E-state index contributed by atoms with van der Waals surface area (Å²) in [4.78, 5) is 4.45. The topological polar surface area (TPSA) is 58.3 Å². The van der Waals surface area contributed by atoms with Gasteiger partial charge in [0.1, 0.15) is 11.6 Å². The van der Waals surface area contributed by atoms with Crippen LogP contribution in [0, 0.1) is 0 Å². The zero-order valence-electron chi connectivity index (χ0n) is 10.1. The molecule has 4 nitrogen and oxygen atoms in total. The molecular weight excluding hydrogens is 228 g/mol. The summed E-state index contributed by atoms with van der Waals surface area (Å²) in [6, 6.07) is 7.20. The fourth-order valence-corrected chi connectivity index (χ4v) is 2.67. The number of aliphatic hydroxyl groups is 1. The highest BCUT2D eigenvalue weighted by Crippen LogP contribution is 2.31. The first-order valence-electron chi connectivity index (χ1n) is 6.26. The van der Waals surface area contributed by atoms with Crippen LogP contribution < -0.4 is 0 Å². The number of benzene rings is 1. The summed E-state index contributed by atoms with van der Waals surface area (Å²) >= 11 is 0. The Hall–Kier alpha value is -1.81. The van der Waals surface area contributed by atoms with Gasteiger partial charge in [-0.1, -0.05) is 12.1 Å². The maximum absolute atomic E-state index is 9.55. The Balaban J connectivity index is 2.11. The number of aromatic nitrogens is 2. The first kappa shape index (κ1) is 11.3. The zero-order chi connectivity index (χ0) is 12.5. The fraction of sp³-hybridized carbons (Fsp3) is 0.357. The van der Waals surface area contributed by atoms with Gasteiger partial charge in [0.25, 0.3) is 0 Å². The molecular formula is C14H16N2O2. The Morgan fingerprint density at radius 2 is 2.28 bits per heavy atom. The number of imidazole rings is 1. The Bertz CT molecular complexity index is 563. The van der Waals surface area contributed by atoms with Gasteiger partial charge in [-0.15, -0.1) is 0 Å². The monoisotopic (exact) mass is 244 g/mol. The number of aliphatic hydroxyl groups excluding tert-OH is 1. The van der Waals surface area contributed by atoms with Gasteiger partial charge < -0.3 is 14.8 Å². The van der Waals surface area contributed by atoms with Crippen LogP contribution in [0.3, 0.4) is 0 Å². The molecule has 1 aliphatic rings. The Morgan fingerprint density at radius 3 is 3.06 bits per heavy atom. The maximum Gasteiger partial charge on any atom is 0.140 e. The van der Waals surface area contributed by atoms with E-state index in [1.54, 1.807) is 12.1 Å². The first-order chi connectivity index (χ1) is 8.79. The molecule has 0 amide bonds. The summed E-state index contributed by atoms with van der Waals surface area (Å²) < 4.78 is 2.11. The van der Waals surface area contributed by atoms with Crippen LogP contribution in [0.15, 0.2) is 30.5 Å². The SMILES string of the molecule is OCC1CCCc2cnc(-c3cccc(O)c3)n21. The summed E-state index contributed by atoms with van der Waals surface area (Å²) in [5, 5.41) is 19.0. The van der Waals surface area contributed by atoms with Gasteiger partial charge in [-0.3, -0.25) is 0 Å². The molecule has 2 heterocycles. The highest BCUT2D eigenvalue weighted by atomic mass is 16.3. The number of rotatable bonds is 2. The van der Waals surface area contributed by atoms with Crippen LogP contribution in [0.25, 0.3) is 11.4 Å². The summed E-state index contributed by atoms with van der Waals surface area (Å²) in [7, 11) is 0. The smallest absolute Gasteiger partial charge is 0.140 e. The van der Waals surface area contributed by atoms with Crippen LogP contribution >= 0.6 is 0 Å². The number of phenolic OH excluding ortho intramolecular Hbond substituents is 1. The molecule has 0 fully saturated rings. The number of hydrogen-bond donors (Lipinski definition) is 2. The van der Waals surface area contributed by atoms with Crippen LogP contribution in [-0.4, -0.2) is 26.4 Å². The van der Waals surface area contributed by atoms with E-state index in [9.17, 15) is 10.2 Å². The van der Waals surface area contributed by atoms with Gasteiger partial charge in [0, 0.05) is 17.5 Å². The largest absolute Gasteiger partial charge is 0.508 e. The van der Waals surface area contributed by atoms with Gasteiger partial charge in [-0.25, -0.2) is 4.98 Å². The van der Waals surface area contributed by atoms with Crippen molar-refractivity contribution >= 4 is 0 Å². The van der Waals surface area contributed by atoms with E-state index in [4.69, 9.17) is 0 Å². The molecule has 1 aromatic carbocycles. The fourth-order valence-electron chi connectivity index (χ4n) is 2.67. The minimum Gasteiger partial charge on any atom is -0.508 e. The number of fused-ring (bicyclic) bond motifs is 1. The molecule has 94 valence electrons. The maximum atomic E-state index is 9.55. The van der Waals surface area contributed by atoms with Crippen LogP contribution in [0.1, 0.15) is 24.6 Å². The number of nitrogens with zero attached hydrogens (tertiary/aromatic N) is 2. The van der Waals surface area contributed by atoms with Gasteiger partial charge in [-0.2, -0.15) is 0 Å². The number of aryl methyl sites for hydroxylation is 1. The average Bonchev–Trinajstić information content (AvgIpc) is 2.82. The second-order valence-corrected chi connectivity index (χ2v) is 4.72. The lowest BCUT2D eigenvalue weighted by Gasteiger charge is -2.25. The summed E-state index contributed by atoms with van der Waals surface area (Å²) in [5.74, 6) is 1.07. The average molecular weight is 244 g/mol. The van der Waals surface area contributed by atoms with Gasteiger partial charge in [0.15, 0.2) is 0 Å². The third-order valence-electron chi connectivity index (χ3n) is 3.52. The number of hydrogen-bond acceptors (Lipinski definition) is 3.